The van der Waals surface area contributed by atoms with Crippen molar-refractivity contribution < 1.29 is 4.79 Å². The van der Waals surface area contributed by atoms with Crippen LogP contribution in [-0.2, 0) is 17.9 Å². The van der Waals surface area contributed by atoms with E-state index in [0.29, 0.717) is 19.5 Å². The highest BCUT2D eigenvalue weighted by Crippen LogP contribution is 2.10. The summed E-state index contributed by atoms with van der Waals surface area (Å²) in [5.41, 5.74) is 2.33. The maximum absolute atomic E-state index is 11.6. The van der Waals surface area contributed by atoms with Crippen molar-refractivity contribution in [2.75, 3.05) is 13.6 Å². The Bertz CT molecular complexity index is 537. The van der Waals surface area contributed by atoms with Crippen LogP contribution in [0.2, 0.25) is 0 Å². The number of hydrogen-bond donors (Lipinski definition) is 2. The third-order valence-electron chi connectivity index (χ3n) is 3.11. The van der Waals surface area contributed by atoms with Gasteiger partial charge in [-0.1, -0.05) is 24.3 Å². The highest BCUT2D eigenvalue weighted by molar-refractivity contribution is 5.76. The Kier molecular flexibility index (Phi) is 5.32. The minimum absolute atomic E-state index is 0.0665. The third-order valence-corrected chi connectivity index (χ3v) is 3.11. The summed E-state index contributed by atoms with van der Waals surface area (Å²) in [7, 11) is 1.84. The van der Waals surface area contributed by atoms with Gasteiger partial charge in [-0.2, -0.15) is 0 Å². The fourth-order valence-electron chi connectivity index (χ4n) is 1.98. The first-order chi connectivity index (χ1) is 9.79. The van der Waals surface area contributed by atoms with E-state index in [1.807, 2.05) is 36.0 Å². The van der Waals surface area contributed by atoms with Crippen LogP contribution in [0.25, 0.3) is 0 Å². The number of aromatic nitrogens is 2. The maximum atomic E-state index is 11.6. The first-order valence-corrected chi connectivity index (χ1v) is 6.73. The molecule has 2 N–H and O–H groups in total. The smallest absolute Gasteiger partial charge is 0.221 e. The largest absolute Gasteiger partial charge is 0.352 e. The van der Waals surface area contributed by atoms with Crippen LogP contribution < -0.4 is 10.6 Å². The molecule has 1 heterocycles. The number of benzene rings is 1. The van der Waals surface area contributed by atoms with Gasteiger partial charge in [-0.25, -0.2) is 4.98 Å². The molecule has 106 valence electrons. The van der Waals surface area contributed by atoms with Gasteiger partial charge in [0.1, 0.15) is 0 Å². The first-order valence-electron chi connectivity index (χ1n) is 6.73. The lowest BCUT2D eigenvalue weighted by Gasteiger charge is -2.11. The lowest BCUT2D eigenvalue weighted by Crippen LogP contribution is -2.26. The van der Waals surface area contributed by atoms with Crippen molar-refractivity contribution in [3.8, 4) is 0 Å². The summed E-state index contributed by atoms with van der Waals surface area (Å²) < 4.78 is 2.02. The number of rotatable bonds is 7. The predicted molar refractivity (Wildman–Crippen MR) is 78.2 cm³/mol. The Morgan fingerprint density at radius 3 is 2.80 bits per heavy atom. The number of nitrogens with one attached hydrogen (secondary N) is 2. The van der Waals surface area contributed by atoms with E-state index < -0.39 is 0 Å². The Morgan fingerprint density at radius 1 is 1.30 bits per heavy atom. The second-order valence-corrected chi connectivity index (χ2v) is 4.63. The van der Waals surface area contributed by atoms with Crippen molar-refractivity contribution in [3.63, 3.8) is 0 Å². The van der Waals surface area contributed by atoms with Gasteiger partial charge in [0.05, 0.1) is 6.33 Å². The van der Waals surface area contributed by atoms with Crippen LogP contribution in [0.1, 0.15) is 17.5 Å². The van der Waals surface area contributed by atoms with Crippen LogP contribution in [-0.4, -0.2) is 29.1 Å². The zero-order valence-corrected chi connectivity index (χ0v) is 11.7. The van der Waals surface area contributed by atoms with E-state index in [9.17, 15) is 4.79 Å². The average Bonchev–Trinajstić information content (AvgIpc) is 2.97. The average molecular weight is 272 g/mol. The van der Waals surface area contributed by atoms with Gasteiger partial charge in [0.25, 0.3) is 0 Å². The zero-order valence-electron chi connectivity index (χ0n) is 11.7. The second-order valence-electron chi connectivity index (χ2n) is 4.63. The van der Waals surface area contributed by atoms with Gasteiger partial charge < -0.3 is 15.2 Å². The summed E-state index contributed by atoms with van der Waals surface area (Å²) in [4.78, 5) is 15.7. The minimum Gasteiger partial charge on any atom is -0.352 e. The molecule has 0 atom stereocenters. The molecule has 20 heavy (non-hydrogen) atoms. The van der Waals surface area contributed by atoms with Crippen molar-refractivity contribution >= 4 is 5.91 Å². The van der Waals surface area contributed by atoms with E-state index in [1.165, 1.54) is 5.56 Å². The lowest BCUT2D eigenvalue weighted by atomic mass is 10.1. The van der Waals surface area contributed by atoms with Gasteiger partial charge in [0, 0.05) is 38.4 Å². The van der Waals surface area contributed by atoms with Crippen molar-refractivity contribution in [3.05, 3.63) is 54.1 Å². The molecule has 0 spiro atoms. The normalized spacial score (nSPS) is 10.4. The van der Waals surface area contributed by atoms with Crippen molar-refractivity contribution in [1.82, 2.24) is 20.2 Å². The van der Waals surface area contributed by atoms with E-state index in [1.54, 1.807) is 12.5 Å². The topological polar surface area (TPSA) is 59.0 Å². The Labute approximate surface area is 119 Å². The minimum atomic E-state index is 0.0665. The number of amides is 1. The molecule has 2 rings (SSSR count). The van der Waals surface area contributed by atoms with Gasteiger partial charge in [-0.3, -0.25) is 4.79 Å². The van der Waals surface area contributed by atoms with E-state index >= 15 is 0 Å². The number of nitrogens with zero attached hydrogens (tertiary/aromatic N) is 2. The summed E-state index contributed by atoms with van der Waals surface area (Å²) >= 11 is 0. The Hall–Kier alpha value is -2.14. The first kappa shape index (κ1) is 14.3. The van der Waals surface area contributed by atoms with Gasteiger partial charge in [-0.15, -0.1) is 0 Å². The highest BCUT2D eigenvalue weighted by atomic mass is 16.1. The van der Waals surface area contributed by atoms with Crippen molar-refractivity contribution in [1.29, 1.82) is 0 Å². The summed E-state index contributed by atoms with van der Waals surface area (Å²) in [5, 5.41) is 5.92. The SMILES string of the molecule is CNCCC(=O)NCc1ccccc1Cn1ccnc1. The molecule has 0 aliphatic carbocycles. The van der Waals surface area contributed by atoms with Crippen molar-refractivity contribution in [2.45, 2.75) is 19.5 Å². The molecule has 0 saturated carbocycles. The van der Waals surface area contributed by atoms with Crippen LogP contribution in [0.15, 0.2) is 43.0 Å². The molecule has 0 aliphatic rings. The van der Waals surface area contributed by atoms with Gasteiger partial charge in [0.15, 0.2) is 0 Å². The molecule has 5 nitrogen and oxygen atoms in total. The van der Waals surface area contributed by atoms with Crippen LogP contribution >= 0.6 is 0 Å². The molecular formula is C15H20N4O. The fourth-order valence-corrected chi connectivity index (χ4v) is 1.98. The molecule has 1 amide bonds. The summed E-state index contributed by atoms with van der Waals surface area (Å²) in [6.07, 6.45) is 5.99. The van der Waals surface area contributed by atoms with Gasteiger partial charge >= 0.3 is 0 Å². The number of carbonyl (C=O) groups excluding carboxylic acids is 1. The van der Waals surface area contributed by atoms with Gasteiger partial charge in [0.2, 0.25) is 5.91 Å². The Morgan fingerprint density at radius 2 is 2.10 bits per heavy atom. The number of imidazole rings is 1. The summed E-state index contributed by atoms with van der Waals surface area (Å²) in [6.45, 7) is 2.03. The van der Waals surface area contributed by atoms with E-state index in [0.717, 1.165) is 12.1 Å². The quantitative estimate of drug-likeness (QED) is 0.795. The zero-order chi connectivity index (χ0) is 14.2. The molecule has 1 aromatic carbocycles. The standard InChI is InChI=1S/C15H20N4O/c1-16-7-6-15(20)18-10-13-4-2-3-5-14(13)11-19-9-8-17-12-19/h2-5,8-9,12,16H,6-7,10-11H2,1H3,(H,18,20). The second kappa shape index (κ2) is 7.45. The number of carbonyl (C=O) groups is 1. The monoisotopic (exact) mass is 272 g/mol. The summed E-state index contributed by atoms with van der Waals surface area (Å²) in [5.74, 6) is 0.0665. The van der Waals surface area contributed by atoms with Crippen molar-refractivity contribution in [2.24, 2.45) is 0 Å². The van der Waals surface area contributed by atoms with E-state index in [-0.39, 0.29) is 5.91 Å². The van der Waals surface area contributed by atoms with Crippen LogP contribution in [0.5, 0.6) is 0 Å². The van der Waals surface area contributed by atoms with Crippen LogP contribution in [0.4, 0.5) is 0 Å². The highest BCUT2D eigenvalue weighted by Gasteiger charge is 2.05. The predicted octanol–water partition coefficient (Wildman–Crippen LogP) is 1.16. The molecule has 0 unspecified atom stereocenters. The molecule has 0 saturated heterocycles. The molecule has 1 aromatic heterocycles. The summed E-state index contributed by atoms with van der Waals surface area (Å²) in [6, 6.07) is 8.13. The molecular weight excluding hydrogens is 252 g/mol. The molecule has 2 aromatic rings. The van der Waals surface area contributed by atoms with E-state index in [4.69, 9.17) is 0 Å². The van der Waals surface area contributed by atoms with Gasteiger partial charge in [-0.05, 0) is 18.2 Å². The molecule has 0 radical (unpaired) electrons. The maximum Gasteiger partial charge on any atom is 0.221 e. The lowest BCUT2D eigenvalue weighted by molar-refractivity contribution is -0.121. The molecule has 0 bridgehead atoms. The molecule has 0 aliphatic heterocycles. The molecule has 5 heteroatoms. The fraction of sp³-hybridized carbons (Fsp3) is 0.333. The van der Waals surface area contributed by atoms with E-state index in [2.05, 4.69) is 21.7 Å². The van der Waals surface area contributed by atoms with Crippen LogP contribution in [0.3, 0.4) is 0 Å². The number of hydrogen-bond acceptors (Lipinski definition) is 3. The van der Waals surface area contributed by atoms with Crippen LogP contribution in [0, 0.1) is 0 Å². The molecule has 0 fully saturated rings. The third kappa shape index (κ3) is 4.20. The Balaban J connectivity index is 1.95.